The van der Waals surface area contributed by atoms with E-state index in [0.717, 1.165) is 30.8 Å². The van der Waals surface area contributed by atoms with E-state index in [1.54, 1.807) is 24.3 Å². The largest absolute Gasteiger partial charge is 0.489 e. The fourth-order valence-electron chi connectivity index (χ4n) is 4.01. The van der Waals surface area contributed by atoms with Gasteiger partial charge in [-0.15, -0.1) is 11.8 Å². The average Bonchev–Trinajstić information content (AvgIpc) is 3.67. The van der Waals surface area contributed by atoms with Gasteiger partial charge in [0.05, 0.1) is 19.1 Å². The van der Waals surface area contributed by atoms with Gasteiger partial charge in [0.2, 0.25) is 0 Å². The molecule has 5 rings (SSSR count). The third-order valence-corrected chi connectivity index (χ3v) is 9.21. The fraction of sp³-hybridized carbons (Fsp3) is 0.379. The van der Waals surface area contributed by atoms with E-state index < -0.39 is 12.7 Å². The number of nitrogens with one attached hydrogen (secondary N) is 1. The first-order valence-electron chi connectivity index (χ1n) is 13.2. The molecule has 7 nitrogen and oxygen atoms in total. The highest BCUT2D eigenvalue weighted by molar-refractivity contribution is 8.02. The van der Waals surface area contributed by atoms with Crippen molar-refractivity contribution >= 4 is 53.4 Å². The van der Waals surface area contributed by atoms with Crippen molar-refractivity contribution < 1.29 is 37.9 Å². The Hall–Kier alpha value is -2.28. The number of aromatic nitrogens is 1. The number of nitrogens with zero attached hydrogens (tertiary/aromatic N) is 1. The summed E-state index contributed by atoms with van der Waals surface area (Å²) in [6.07, 6.45) is 4.67. The highest BCUT2D eigenvalue weighted by Crippen LogP contribution is 2.37. The Labute approximate surface area is 262 Å². The van der Waals surface area contributed by atoms with Gasteiger partial charge in [-0.3, -0.25) is 4.79 Å². The van der Waals surface area contributed by atoms with Crippen LogP contribution < -0.4 is 14.5 Å². The van der Waals surface area contributed by atoms with Crippen molar-refractivity contribution in [2.24, 2.45) is 5.92 Å². The maximum absolute atomic E-state index is 12.7. The molecule has 1 aromatic heterocycles. The Morgan fingerprint density at radius 2 is 1.93 bits per heavy atom. The van der Waals surface area contributed by atoms with E-state index in [0.29, 0.717) is 40.2 Å². The van der Waals surface area contributed by atoms with Crippen LogP contribution in [0.3, 0.4) is 0 Å². The van der Waals surface area contributed by atoms with Gasteiger partial charge in [0.25, 0.3) is 6.47 Å². The van der Waals surface area contributed by atoms with Crippen molar-refractivity contribution in [2.45, 2.75) is 43.5 Å². The third kappa shape index (κ3) is 10.2. The summed E-state index contributed by atoms with van der Waals surface area (Å²) in [6, 6.07) is 12.5. The summed E-state index contributed by atoms with van der Waals surface area (Å²) in [5.41, 5.74) is 2.11. The predicted molar refractivity (Wildman–Crippen MR) is 160 cm³/mol. The molecule has 1 aliphatic heterocycles. The number of aliphatic hydroxyl groups is 1. The molecule has 2 N–H and O–H groups in total. The number of rotatable bonds is 13. The number of hydrogen-bond donors (Lipinski definition) is 1. The van der Waals surface area contributed by atoms with E-state index in [1.165, 1.54) is 28.8 Å². The molecule has 0 radical (unpaired) electrons. The maximum Gasteiger partial charge on any atom is 0.387 e. The first-order valence-corrected chi connectivity index (χ1v) is 15.9. The van der Waals surface area contributed by atoms with Gasteiger partial charge in [0.1, 0.15) is 16.1 Å². The molecule has 2 aromatic carbocycles. The lowest BCUT2D eigenvalue weighted by Gasteiger charge is -2.19. The van der Waals surface area contributed by atoms with Crippen molar-refractivity contribution in [1.29, 1.82) is 0 Å². The summed E-state index contributed by atoms with van der Waals surface area (Å²) < 4.78 is 43.1. The molecule has 1 atom stereocenters. The highest BCUT2D eigenvalue weighted by atomic mass is 35.5. The lowest BCUT2D eigenvalue weighted by atomic mass is 10.0. The zero-order valence-corrected chi connectivity index (χ0v) is 25.7. The maximum atomic E-state index is 12.7. The second kappa shape index (κ2) is 16.5. The number of thioether (sulfide) groups is 1. The van der Waals surface area contributed by atoms with Gasteiger partial charge in [-0.05, 0) is 66.1 Å². The predicted octanol–water partition coefficient (Wildman–Crippen LogP) is 6.85. The summed E-state index contributed by atoms with van der Waals surface area (Å²) in [5.74, 6) is 2.85. The van der Waals surface area contributed by atoms with Crippen LogP contribution in [0.2, 0.25) is 10.0 Å². The molecule has 1 saturated heterocycles. The third-order valence-electron chi connectivity index (χ3n) is 6.37. The van der Waals surface area contributed by atoms with Gasteiger partial charge in [0, 0.05) is 29.2 Å². The summed E-state index contributed by atoms with van der Waals surface area (Å²) >= 11 is 16.1. The SMILES string of the molecule is O=COC(Cc1c(Cl)c[nH+]cc1Cl)c1ccc(OC(F)F)c(OCC2CC2)c1.OCc1cccc(SN2CCSC2)c1. The van der Waals surface area contributed by atoms with E-state index in [9.17, 15) is 13.6 Å². The standard InChI is InChI=1S/C19H17Cl2F2NO4.C10H13NOS2/c20-14-7-24-8-15(21)13(14)6-17(27-10-25)12-3-4-16(28-19(22)23)18(5-12)26-9-11-1-2-11;12-7-9-2-1-3-10(6-9)14-11-4-5-13-8-11/h3-5,7-8,10-11,17,19H,1-2,6,9H2;1-3,6,12H,4-5,7-8H2/p+1. The van der Waals surface area contributed by atoms with Gasteiger partial charge >= 0.3 is 6.61 Å². The number of H-pyrrole nitrogens is 1. The fourth-order valence-corrected chi connectivity index (χ4v) is 6.73. The number of halogens is 4. The van der Waals surface area contributed by atoms with Crippen molar-refractivity contribution in [2.75, 3.05) is 24.8 Å². The molecule has 1 unspecified atom stereocenters. The van der Waals surface area contributed by atoms with Crippen molar-refractivity contribution in [3.05, 3.63) is 81.6 Å². The van der Waals surface area contributed by atoms with Crippen LogP contribution in [0.4, 0.5) is 8.78 Å². The normalized spacial score (nSPS) is 15.6. The summed E-state index contributed by atoms with van der Waals surface area (Å²) in [7, 11) is 0. The summed E-state index contributed by atoms with van der Waals surface area (Å²) in [6.45, 7) is -0.971. The zero-order chi connectivity index (χ0) is 29.9. The quantitative estimate of drug-likeness (QED) is 0.158. The van der Waals surface area contributed by atoms with E-state index in [1.807, 2.05) is 30.0 Å². The molecule has 2 heterocycles. The topological polar surface area (TPSA) is 82.4 Å². The number of aliphatic hydroxyl groups excluding tert-OH is 1. The first kappa shape index (κ1) is 32.6. The van der Waals surface area contributed by atoms with Crippen LogP contribution in [0, 0.1) is 5.92 Å². The number of pyridine rings is 1. The monoisotopic (exact) mass is 659 g/mol. The second-order valence-electron chi connectivity index (χ2n) is 9.53. The molecule has 2 fully saturated rings. The number of hydrogen-bond acceptors (Lipinski definition) is 8. The molecular weight excluding hydrogens is 629 g/mol. The Balaban J connectivity index is 0.000000241. The van der Waals surface area contributed by atoms with E-state index in [4.69, 9.17) is 37.8 Å². The number of alkyl halides is 2. The van der Waals surface area contributed by atoms with Gasteiger partial charge in [-0.25, -0.2) is 9.29 Å². The number of benzene rings is 2. The molecule has 1 saturated carbocycles. The van der Waals surface area contributed by atoms with Crippen LogP contribution in [0.5, 0.6) is 11.5 Å². The minimum absolute atomic E-state index is 0.0744. The summed E-state index contributed by atoms with van der Waals surface area (Å²) in [5, 5.41) is 9.76. The molecule has 1 aliphatic carbocycles. The van der Waals surface area contributed by atoms with Gasteiger partial charge in [-0.2, -0.15) is 8.78 Å². The number of carbonyl (C=O) groups excluding carboxylic acids is 1. The Bertz CT molecular complexity index is 1300. The Morgan fingerprint density at radius 1 is 1.14 bits per heavy atom. The number of ether oxygens (including phenoxy) is 3. The number of aromatic amines is 1. The molecule has 0 spiro atoms. The van der Waals surface area contributed by atoms with Crippen LogP contribution in [-0.4, -0.2) is 47.3 Å². The van der Waals surface area contributed by atoms with Crippen molar-refractivity contribution in [3.8, 4) is 11.5 Å². The van der Waals surface area contributed by atoms with Crippen LogP contribution >= 0.6 is 46.9 Å². The molecule has 0 amide bonds. The zero-order valence-electron chi connectivity index (χ0n) is 22.5. The summed E-state index contributed by atoms with van der Waals surface area (Å²) in [4.78, 5) is 15.0. The number of carbonyl (C=O) groups is 1. The Morgan fingerprint density at radius 3 is 2.57 bits per heavy atom. The molecule has 13 heteroatoms. The molecule has 226 valence electrons. The lowest BCUT2D eigenvalue weighted by molar-refractivity contribution is -0.377. The van der Waals surface area contributed by atoms with E-state index >= 15 is 0 Å². The highest BCUT2D eigenvalue weighted by Gasteiger charge is 2.25. The minimum atomic E-state index is -2.98. The molecule has 0 bridgehead atoms. The van der Waals surface area contributed by atoms with Crippen LogP contribution in [0.25, 0.3) is 0 Å². The molecule has 3 aromatic rings. The molecular formula is C29H31Cl2F2N2O5S2+. The molecule has 2 aliphatic rings. The van der Waals surface area contributed by atoms with Gasteiger partial charge in [-0.1, -0.05) is 41.4 Å². The van der Waals surface area contributed by atoms with Gasteiger partial charge in [0.15, 0.2) is 23.9 Å². The van der Waals surface area contributed by atoms with E-state index in [2.05, 4.69) is 20.1 Å². The van der Waals surface area contributed by atoms with Crippen LogP contribution in [-0.2, 0) is 22.6 Å². The first-order chi connectivity index (χ1) is 20.4. The molecule has 42 heavy (non-hydrogen) atoms. The smallest absolute Gasteiger partial charge is 0.387 e. The minimum Gasteiger partial charge on any atom is -0.489 e. The average molecular weight is 661 g/mol. The van der Waals surface area contributed by atoms with Crippen LogP contribution in [0.1, 0.15) is 35.6 Å². The second-order valence-corrected chi connectivity index (χ2v) is 12.6. The van der Waals surface area contributed by atoms with Crippen LogP contribution in [0.15, 0.2) is 59.8 Å². The Kier molecular flexibility index (Phi) is 12.8. The van der Waals surface area contributed by atoms with E-state index in [-0.39, 0.29) is 24.5 Å². The lowest BCUT2D eigenvalue weighted by Crippen LogP contribution is -2.11. The van der Waals surface area contributed by atoms with Gasteiger partial charge < -0.3 is 19.3 Å². The van der Waals surface area contributed by atoms with Crippen molar-refractivity contribution in [1.82, 2.24) is 4.31 Å². The van der Waals surface area contributed by atoms with Crippen molar-refractivity contribution in [3.63, 3.8) is 0 Å².